The predicted octanol–water partition coefficient (Wildman–Crippen LogP) is 0.291. The number of likely N-dealkylation sites (tertiary alicyclic amines) is 1. The topological polar surface area (TPSA) is 55.8 Å². The normalized spacial score (nSPS) is 27.4. The summed E-state index contributed by atoms with van der Waals surface area (Å²) in [5, 5.41) is 0. The first-order chi connectivity index (χ1) is 7.46. The van der Waals surface area contributed by atoms with Gasteiger partial charge in [-0.2, -0.15) is 0 Å². The van der Waals surface area contributed by atoms with Gasteiger partial charge in [0.25, 0.3) is 0 Å². The van der Waals surface area contributed by atoms with E-state index in [1.807, 2.05) is 0 Å². The molecule has 1 heterocycles. The first kappa shape index (κ1) is 14.2. The van der Waals surface area contributed by atoms with Gasteiger partial charge in [-0.25, -0.2) is 8.42 Å². The van der Waals surface area contributed by atoms with Gasteiger partial charge in [0.2, 0.25) is 9.05 Å². The van der Waals surface area contributed by atoms with Crippen molar-refractivity contribution in [2.24, 2.45) is 0 Å². The highest BCUT2D eigenvalue weighted by atomic mass is 35.7. The van der Waals surface area contributed by atoms with Crippen LogP contribution < -0.4 is 0 Å². The maximum atomic E-state index is 10.7. The molecule has 0 N–H and O–H groups in total. The Morgan fingerprint density at radius 2 is 1.75 bits per heavy atom. The van der Waals surface area contributed by atoms with Crippen LogP contribution in [0.2, 0.25) is 0 Å². The van der Waals surface area contributed by atoms with Crippen LogP contribution in [-0.4, -0.2) is 65.1 Å². The highest BCUT2D eigenvalue weighted by Gasteiger charge is 2.32. The van der Waals surface area contributed by atoms with Gasteiger partial charge in [0.15, 0.2) is 0 Å². The third-order valence-corrected chi connectivity index (χ3v) is 4.00. The Hall–Kier alpha value is 0.120. The fraction of sp³-hybridized carbons (Fsp3) is 1.00. The average Bonchev–Trinajstić information content (AvgIpc) is 2.58. The van der Waals surface area contributed by atoms with Gasteiger partial charge in [0.05, 0.1) is 18.0 Å². The maximum absolute atomic E-state index is 10.7. The second-order valence-electron chi connectivity index (χ2n) is 3.90. The van der Waals surface area contributed by atoms with Crippen molar-refractivity contribution in [2.75, 3.05) is 39.6 Å². The number of rotatable bonds is 6. The summed E-state index contributed by atoms with van der Waals surface area (Å²) in [4.78, 5) is 2.13. The van der Waals surface area contributed by atoms with E-state index in [2.05, 4.69) is 4.90 Å². The second-order valence-corrected chi connectivity index (χ2v) is 6.80. The van der Waals surface area contributed by atoms with E-state index in [4.69, 9.17) is 20.2 Å². The molecule has 16 heavy (non-hydrogen) atoms. The first-order valence-electron chi connectivity index (χ1n) is 5.16. The van der Waals surface area contributed by atoms with Gasteiger partial charge in [-0.3, -0.25) is 4.90 Å². The lowest BCUT2D eigenvalue weighted by Gasteiger charge is -2.13. The number of hydrogen-bond donors (Lipinski definition) is 0. The molecule has 5 nitrogen and oxygen atoms in total. The summed E-state index contributed by atoms with van der Waals surface area (Å²) >= 11 is 0. The van der Waals surface area contributed by atoms with Crippen molar-refractivity contribution in [1.82, 2.24) is 4.90 Å². The lowest BCUT2D eigenvalue weighted by molar-refractivity contribution is -0.00461. The third-order valence-electron chi connectivity index (χ3n) is 2.76. The van der Waals surface area contributed by atoms with E-state index < -0.39 is 9.05 Å². The van der Waals surface area contributed by atoms with Gasteiger partial charge in [0, 0.05) is 38.0 Å². The van der Waals surface area contributed by atoms with Gasteiger partial charge in [-0.15, -0.1) is 0 Å². The molecular weight excluding hydrogens is 254 g/mol. The van der Waals surface area contributed by atoms with Gasteiger partial charge in [0.1, 0.15) is 0 Å². The molecule has 0 spiro atoms. The molecule has 96 valence electrons. The second kappa shape index (κ2) is 6.16. The van der Waals surface area contributed by atoms with Crippen LogP contribution in [0.15, 0.2) is 0 Å². The van der Waals surface area contributed by atoms with Crippen LogP contribution in [0.5, 0.6) is 0 Å². The van der Waals surface area contributed by atoms with E-state index in [0.29, 0.717) is 13.0 Å². The lowest BCUT2D eigenvalue weighted by Crippen LogP contribution is -2.27. The SMILES string of the molecule is COC1CN(CCCS(=O)(=O)Cl)CC1OC. The summed E-state index contributed by atoms with van der Waals surface area (Å²) < 4.78 is 32.0. The Balaban J connectivity index is 2.30. The Morgan fingerprint density at radius 1 is 1.25 bits per heavy atom. The largest absolute Gasteiger partial charge is 0.377 e. The molecule has 0 bridgehead atoms. The fourth-order valence-corrected chi connectivity index (χ4v) is 2.72. The molecule has 0 amide bonds. The van der Waals surface area contributed by atoms with E-state index >= 15 is 0 Å². The zero-order valence-corrected chi connectivity index (χ0v) is 11.1. The molecule has 0 aromatic carbocycles. The van der Waals surface area contributed by atoms with Crippen molar-refractivity contribution in [3.8, 4) is 0 Å². The Kier molecular flexibility index (Phi) is 5.46. The molecule has 2 unspecified atom stereocenters. The smallest absolute Gasteiger partial charge is 0.232 e. The van der Waals surface area contributed by atoms with Crippen molar-refractivity contribution in [3.63, 3.8) is 0 Å². The molecule has 1 rings (SSSR count). The summed E-state index contributed by atoms with van der Waals surface area (Å²) in [7, 11) is 5.08. The fourth-order valence-electron chi connectivity index (χ4n) is 1.91. The van der Waals surface area contributed by atoms with Crippen molar-refractivity contribution >= 4 is 19.7 Å². The van der Waals surface area contributed by atoms with Crippen LogP contribution in [0.4, 0.5) is 0 Å². The molecule has 1 aliphatic rings. The first-order valence-corrected chi connectivity index (χ1v) is 7.64. The minimum Gasteiger partial charge on any atom is -0.377 e. The van der Waals surface area contributed by atoms with Crippen molar-refractivity contribution in [1.29, 1.82) is 0 Å². The van der Waals surface area contributed by atoms with Crippen LogP contribution in [0.25, 0.3) is 0 Å². The minimum absolute atomic E-state index is 0.0142. The molecule has 1 fully saturated rings. The molecule has 1 saturated heterocycles. The number of ether oxygens (including phenoxy) is 2. The maximum Gasteiger partial charge on any atom is 0.232 e. The summed E-state index contributed by atoms with van der Waals surface area (Å²) in [6.45, 7) is 2.25. The molecule has 0 aromatic rings. The van der Waals surface area contributed by atoms with Crippen LogP contribution in [0.3, 0.4) is 0 Å². The number of halogens is 1. The molecule has 0 aromatic heterocycles. The lowest BCUT2D eigenvalue weighted by atomic mass is 10.3. The average molecular weight is 272 g/mol. The van der Waals surface area contributed by atoms with E-state index in [1.54, 1.807) is 14.2 Å². The standard InChI is InChI=1S/C9H18ClNO4S/c1-14-8-6-11(7-9(8)15-2)4-3-5-16(10,12)13/h8-9H,3-7H2,1-2H3. The van der Waals surface area contributed by atoms with E-state index in [0.717, 1.165) is 13.1 Å². The molecule has 2 atom stereocenters. The van der Waals surface area contributed by atoms with Gasteiger partial charge < -0.3 is 9.47 Å². The molecule has 0 saturated carbocycles. The van der Waals surface area contributed by atoms with Gasteiger partial charge in [-0.1, -0.05) is 0 Å². The highest BCUT2D eigenvalue weighted by molar-refractivity contribution is 8.13. The summed E-state index contributed by atoms with van der Waals surface area (Å²) in [5.41, 5.74) is 0. The third kappa shape index (κ3) is 4.55. The number of nitrogens with zero attached hydrogens (tertiary/aromatic N) is 1. The number of hydrogen-bond acceptors (Lipinski definition) is 5. The Morgan fingerprint density at radius 3 is 2.12 bits per heavy atom. The van der Waals surface area contributed by atoms with Crippen LogP contribution in [0.1, 0.15) is 6.42 Å². The van der Waals surface area contributed by atoms with E-state index in [-0.39, 0.29) is 18.0 Å². The Bertz CT molecular complexity index is 297. The monoisotopic (exact) mass is 271 g/mol. The van der Waals surface area contributed by atoms with Crippen molar-refractivity contribution < 1.29 is 17.9 Å². The van der Waals surface area contributed by atoms with E-state index in [9.17, 15) is 8.42 Å². The highest BCUT2D eigenvalue weighted by Crippen LogP contribution is 2.16. The predicted molar refractivity (Wildman–Crippen MR) is 62.3 cm³/mol. The van der Waals surface area contributed by atoms with Gasteiger partial charge in [-0.05, 0) is 13.0 Å². The van der Waals surface area contributed by atoms with Crippen LogP contribution >= 0.6 is 10.7 Å². The van der Waals surface area contributed by atoms with Crippen LogP contribution in [-0.2, 0) is 18.5 Å². The molecule has 0 aliphatic carbocycles. The summed E-state index contributed by atoms with van der Waals surface area (Å²) in [6.07, 6.45) is 0.675. The van der Waals surface area contributed by atoms with E-state index in [1.165, 1.54) is 0 Å². The van der Waals surface area contributed by atoms with Crippen LogP contribution in [0, 0.1) is 0 Å². The summed E-state index contributed by atoms with van der Waals surface area (Å²) in [5.74, 6) is 0.0142. The molecule has 0 radical (unpaired) electrons. The van der Waals surface area contributed by atoms with Crippen molar-refractivity contribution in [2.45, 2.75) is 18.6 Å². The molecule has 7 heteroatoms. The number of methoxy groups -OCH3 is 2. The summed E-state index contributed by atoms with van der Waals surface area (Å²) in [6, 6.07) is 0. The van der Waals surface area contributed by atoms with Crippen molar-refractivity contribution in [3.05, 3.63) is 0 Å². The minimum atomic E-state index is -3.37. The molecular formula is C9H18ClNO4S. The Labute approximate surface area is 101 Å². The van der Waals surface area contributed by atoms with Gasteiger partial charge >= 0.3 is 0 Å². The zero-order valence-electron chi connectivity index (χ0n) is 9.56. The molecule has 1 aliphatic heterocycles. The quantitative estimate of drug-likeness (QED) is 0.650. The zero-order chi connectivity index (χ0) is 12.2.